The molecule has 2 bridgehead atoms. The first-order valence-corrected chi connectivity index (χ1v) is 11.0. The summed E-state index contributed by atoms with van der Waals surface area (Å²) in [6.45, 7) is 0.722. The van der Waals surface area contributed by atoms with Crippen LogP contribution in [0, 0.1) is 11.8 Å². The van der Waals surface area contributed by atoms with Crippen molar-refractivity contribution in [3.05, 3.63) is 28.6 Å². The van der Waals surface area contributed by atoms with Gasteiger partial charge in [0.05, 0.1) is 22.5 Å². The second-order valence-electron chi connectivity index (χ2n) is 6.63. The minimum atomic E-state index is -3.64. The summed E-state index contributed by atoms with van der Waals surface area (Å²) >= 11 is 6.82. The molecule has 4 heterocycles. The number of carboxylic acids is 1. The minimum absolute atomic E-state index is 0.152. The van der Waals surface area contributed by atoms with Crippen molar-refractivity contribution in [1.82, 2.24) is 9.21 Å². The van der Waals surface area contributed by atoms with Crippen LogP contribution in [0.3, 0.4) is 0 Å². The number of hydrogen-bond donors (Lipinski definition) is 1. The van der Waals surface area contributed by atoms with Crippen molar-refractivity contribution in [2.75, 3.05) is 26.2 Å². The van der Waals surface area contributed by atoms with Gasteiger partial charge in [-0.1, -0.05) is 23.8 Å². The molecule has 0 radical (unpaired) electrons. The number of rotatable bonds is 4. The molecule has 0 spiro atoms. The Morgan fingerprint density at radius 3 is 2.30 bits per heavy atom. The van der Waals surface area contributed by atoms with Gasteiger partial charge in [-0.05, 0) is 12.1 Å². The number of hydrogen-bond acceptors (Lipinski definition) is 6. The van der Waals surface area contributed by atoms with Gasteiger partial charge in [0.15, 0.2) is 0 Å². The lowest BCUT2D eigenvalue weighted by atomic mass is 9.82. The Kier molecular flexibility index (Phi) is 4.79. The SMILES string of the molecule is O=C(O)[C@H]1[C@@H](C(=O)N2CCN(S(=O)(=O)c3ccc(Cl)s3)CC2)[C@H]2C=C[C@@H]1O2. The van der Waals surface area contributed by atoms with Crippen LogP contribution in [0.2, 0.25) is 4.34 Å². The molecule has 2 fully saturated rings. The molecule has 0 unspecified atom stereocenters. The number of carboxylic acid groups (broad SMARTS) is 1. The molecule has 1 amide bonds. The number of thiophene rings is 1. The molecule has 3 aliphatic rings. The Morgan fingerprint density at radius 1 is 1.11 bits per heavy atom. The third-order valence-electron chi connectivity index (χ3n) is 5.16. The van der Waals surface area contributed by atoms with Gasteiger partial charge in [-0.3, -0.25) is 9.59 Å². The zero-order chi connectivity index (χ0) is 19.3. The van der Waals surface area contributed by atoms with Crippen molar-refractivity contribution < 1.29 is 27.9 Å². The maximum absolute atomic E-state index is 12.9. The van der Waals surface area contributed by atoms with E-state index in [2.05, 4.69) is 0 Å². The van der Waals surface area contributed by atoms with Crippen LogP contribution in [0.15, 0.2) is 28.5 Å². The Labute approximate surface area is 165 Å². The van der Waals surface area contributed by atoms with Crippen LogP contribution in [0.5, 0.6) is 0 Å². The van der Waals surface area contributed by atoms with Crippen molar-refractivity contribution in [2.45, 2.75) is 16.4 Å². The number of ether oxygens (including phenoxy) is 1. The summed E-state index contributed by atoms with van der Waals surface area (Å²) in [7, 11) is -3.64. The van der Waals surface area contributed by atoms with Gasteiger partial charge in [-0.25, -0.2) is 8.42 Å². The molecule has 146 valence electrons. The lowest BCUT2D eigenvalue weighted by Gasteiger charge is -2.36. The van der Waals surface area contributed by atoms with Gasteiger partial charge in [0, 0.05) is 26.2 Å². The fraction of sp³-hybridized carbons (Fsp3) is 0.500. The Bertz CT molecular complexity index is 906. The van der Waals surface area contributed by atoms with Crippen molar-refractivity contribution >= 4 is 44.8 Å². The molecule has 0 aromatic carbocycles. The molecule has 3 aliphatic heterocycles. The Hall–Kier alpha value is -1.46. The monoisotopic (exact) mass is 432 g/mol. The highest BCUT2D eigenvalue weighted by molar-refractivity contribution is 7.91. The second kappa shape index (κ2) is 6.85. The molecular formula is C16H17ClN2O6S2. The van der Waals surface area contributed by atoms with Crippen LogP contribution < -0.4 is 0 Å². The maximum Gasteiger partial charge on any atom is 0.310 e. The molecule has 4 atom stereocenters. The van der Waals surface area contributed by atoms with Gasteiger partial charge in [0.25, 0.3) is 10.0 Å². The molecule has 2 saturated heterocycles. The van der Waals surface area contributed by atoms with E-state index in [1.165, 1.54) is 21.3 Å². The van der Waals surface area contributed by atoms with Gasteiger partial charge < -0.3 is 14.7 Å². The van der Waals surface area contributed by atoms with Crippen molar-refractivity contribution in [3.8, 4) is 0 Å². The zero-order valence-electron chi connectivity index (χ0n) is 14.0. The molecular weight excluding hydrogens is 416 g/mol. The number of sulfonamides is 1. The fourth-order valence-electron chi connectivity index (χ4n) is 3.82. The minimum Gasteiger partial charge on any atom is -0.481 e. The molecule has 1 aromatic heterocycles. The first-order valence-electron chi connectivity index (χ1n) is 8.40. The average Bonchev–Trinajstić information content (AvgIpc) is 3.36. The summed E-state index contributed by atoms with van der Waals surface area (Å²) in [5, 5.41) is 9.45. The largest absolute Gasteiger partial charge is 0.481 e. The summed E-state index contributed by atoms with van der Waals surface area (Å²) in [6.07, 6.45) is 2.31. The van der Waals surface area contributed by atoms with Gasteiger partial charge in [-0.2, -0.15) is 4.31 Å². The third-order valence-corrected chi connectivity index (χ3v) is 8.76. The molecule has 1 aromatic rings. The highest BCUT2D eigenvalue weighted by atomic mass is 35.5. The van der Waals surface area contributed by atoms with E-state index in [0.29, 0.717) is 4.34 Å². The quantitative estimate of drug-likeness (QED) is 0.708. The number of carbonyl (C=O) groups excluding carboxylic acids is 1. The smallest absolute Gasteiger partial charge is 0.310 e. The van der Waals surface area contributed by atoms with E-state index >= 15 is 0 Å². The average molecular weight is 433 g/mol. The molecule has 11 heteroatoms. The van der Waals surface area contributed by atoms with Crippen LogP contribution in [0.1, 0.15) is 0 Å². The fourth-order valence-corrected chi connectivity index (χ4v) is 6.88. The molecule has 4 rings (SSSR count). The number of aliphatic carboxylic acids is 1. The number of fused-ring (bicyclic) bond motifs is 2. The molecule has 27 heavy (non-hydrogen) atoms. The van der Waals surface area contributed by atoms with E-state index in [0.717, 1.165) is 11.3 Å². The maximum atomic E-state index is 12.9. The second-order valence-corrected chi connectivity index (χ2v) is 10.5. The lowest BCUT2D eigenvalue weighted by Crippen LogP contribution is -2.54. The predicted octanol–water partition coefficient (Wildman–Crippen LogP) is 0.889. The molecule has 0 aliphatic carbocycles. The summed E-state index contributed by atoms with van der Waals surface area (Å²) in [4.78, 5) is 26.0. The molecule has 8 nitrogen and oxygen atoms in total. The Balaban J connectivity index is 1.44. The van der Waals surface area contributed by atoms with E-state index in [-0.39, 0.29) is 36.3 Å². The number of carbonyl (C=O) groups is 2. The lowest BCUT2D eigenvalue weighted by molar-refractivity contribution is -0.150. The first-order chi connectivity index (χ1) is 12.8. The summed E-state index contributed by atoms with van der Waals surface area (Å²) in [5.74, 6) is -3.02. The zero-order valence-corrected chi connectivity index (χ0v) is 16.4. The van der Waals surface area contributed by atoms with Crippen LogP contribution >= 0.6 is 22.9 Å². The van der Waals surface area contributed by atoms with Crippen LogP contribution in [0.25, 0.3) is 0 Å². The third kappa shape index (κ3) is 3.19. The number of nitrogens with zero attached hydrogens (tertiary/aromatic N) is 2. The van der Waals surface area contributed by atoms with Crippen LogP contribution in [0.4, 0.5) is 0 Å². The first kappa shape index (κ1) is 18.9. The topological polar surface area (TPSA) is 104 Å². The number of amides is 1. The summed E-state index contributed by atoms with van der Waals surface area (Å²) < 4.78 is 32.7. The van der Waals surface area contributed by atoms with Crippen LogP contribution in [-0.2, 0) is 24.3 Å². The highest BCUT2D eigenvalue weighted by Crippen LogP contribution is 2.40. The van der Waals surface area contributed by atoms with Crippen molar-refractivity contribution in [2.24, 2.45) is 11.8 Å². The number of piperazine rings is 1. The molecule has 1 N–H and O–H groups in total. The Morgan fingerprint density at radius 2 is 1.74 bits per heavy atom. The normalized spacial score (nSPS) is 30.8. The van der Waals surface area contributed by atoms with Gasteiger partial charge >= 0.3 is 5.97 Å². The van der Waals surface area contributed by atoms with Gasteiger partial charge in [0.2, 0.25) is 5.91 Å². The van der Waals surface area contributed by atoms with Crippen LogP contribution in [-0.4, -0.2) is 73.0 Å². The number of halogens is 1. The predicted molar refractivity (Wildman–Crippen MR) is 97.1 cm³/mol. The summed E-state index contributed by atoms with van der Waals surface area (Å²) in [5.41, 5.74) is 0. The van der Waals surface area contributed by atoms with E-state index in [4.69, 9.17) is 16.3 Å². The highest BCUT2D eigenvalue weighted by Gasteiger charge is 2.54. The molecule has 0 saturated carbocycles. The van der Waals surface area contributed by atoms with Gasteiger partial charge in [0.1, 0.15) is 10.1 Å². The van der Waals surface area contributed by atoms with E-state index in [1.54, 1.807) is 12.2 Å². The van der Waals surface area contributed by atoms with E-state index in [9.17, 15) is 23.1 Å². The van der Waals surface area contributed by atoms with Crippen molar-refractivity contribution in [3.63, 3.8) is 0 Å². The standard InChI is InChI=1S/C16H17ClN2O6S2/c17-11-3-4-12(26-11)27(23,24)19-7-5-18(6-8-19)15(20)13-9-1-2-10(25-9)14(13)16(21)22/h1-4,9-10,13-14H,5-8H2,(H,21,22)/t9-,10+,13+,14-/m1/s1. The summed E-state index contributed by atoms with van der Waals surface area (Å²) in [6, 6.07) is 3.00. The van der Waals surface area contributed by atoms with Gasteiger partial charge in [-0.15, -0.1) is 11.3 Å². The van der Waals surface area contributed by atoms with E-state index in [1.807, 2.05) is 0 Å². The van der Waals surface area contributed by atoms with Crippen molar-refractivity contribution in [1.29, 1.82) is 0 Å². The van der Waals surface area contributed by atoms with E-state index < -0.39 is 40.0 Å².